The van der Waals surface area contributed by atoms with Crippen molar-refractivity contribution < 1.29 is 79.2 Å². The van der Waals surface area contributed by atoms with E-state index in [2.05, 4.69) is 0 Å². The summed E-state index contributed by atoms with van der Waals surface area (Å²) in [5.74, 6) is -5.23. The summed E-state index contributed by atoms with van der Waals surface area (Å²) in [7, 11) is 1.39. The molecule has 0 aromatic heterocycles. The van der Waals surface area contributed by atoms with Gasteiger partial charge in [0, 0.05) is 6.92 Å². The lowest BCUT2D eigenvalue weighted by atomic mass is 9.85. The zero-order valence-corrected chi connectivity index (χ0v) is 26.6. The van der Waals surface area contributed by atoms with E-state index in [1.807, 2.05) is 13.8 Å². The predicted octanol–water partition coefficient (Wildman–Crippen LogP) is -0.610. The van der Waals surface area contributed by atoms with Gasteiger partial charge in [0.15, 0.2) is 35.2 Å². The van der Waals surface area contributed by atoms with Crippen LogP contribution in [0.15, 0.2) is 36.4 Å². The normalized spacial score (nSPS) is 33.3. The largest absolute Gasteiger partial charge is 0.504 e. The number of hydrogen-bond donors (Lipinski definition) is 9. The molecule has 2 unspecified atom stereocenters. The van der Waals surface area contributed by atoms with Gasteiger partial charge in [0.05, 0.1) is 7.11 Å². The van der Waals surface area contributed by atoms with Crippen LogP contribution in [0.4, 0.5) is 0 Å². The molecule has 266 valence electrons. The number of carbonyl (C=O) groups is 2. The summed E-state index contributed by atoms with van der Waals surface area (Å²) in [6.45, 7) is 5.20. The first-order chi connectivity index (χ1) is 22.5. The van der Waals surface area contributed by atoms with Gasteiger partial charge < -0.3 is 69.6 Å². The zero-order valence-electron chi connectivity index (χ0n) is 26.6. The van der Waals surface area contributed by atoms with Crippen LogP contribution in [0.5, 0.6) is 23.0 Å². The lowest BCUT2D eigenvalue weighted by Gasteiger charge is -2.45. The zero-order chi connectivity index (χ0) is 35.7. The number of rotatable bonds is 12. The Balaban J connectivity index is 1.42. The molecule has 2 aliphatic rings. The summed E-state index contributed by atoms with van der Waals surface area (Å²) in [6, 6.07) is 9.59. The fraction of sp³-hybridized carbons (Fsp3) is 0.562. The fourth-order valence-corrected chi connectivity index (χ4v) is 5.70. The van der Waals surface area contributed by atoms with Crippen LogP contribution < -0.4 is 14.2 Å². The highest BCUT2D eigenvalue weighted by Crippen LogP contribution is 2.38. The number of benzene rings is 2. The number of hydrogen-bond acceptors (Lipinski definition) is 14. The van der Waals surface area contributed by atoms with Crippen molar-refractivity contribution in [1.29, 1.82) is 0 Å². The molecule has 16 nitrogen and oxygen atoms in total. The van der Waals surface area contributed by atoms with Crippen LogP contribution in [0.3, 0.4) is 0 Å². The van der Waals surface area contributed by atoms with Crippen molar-refractivity contribution in [3.05, 3.63) is 47.5 Å². The molecule has 0 saturated carbocycles. The molecule has 0 radical (unpaired) electrons. The van der Waals surface area contributed by atoms with Crippen LogP contribution >= 0.6 is 0 Å². The number of ether oxygens (including phenoxy) is 5. The van der Waals surface area contributed by atoms with Crippen LogP contribution in [0.25, 0.3) is 0 Å². The van der Waals surface area contributed by atoms with E-state index in [-0.39, 0.29) is 34.8 Å². The smallest absolute Gasteiger partial charge is 0.335 e. The van der Waals surface area contributed by atoms with E-state index in [1.165, 1.54) is 26.2 Å². The molecule has 0 spiro atoms. The molecule has 2 aliphatic heterocycles. The van der Waals surface area contributed by atoms with Gasteiger partial charge in [-0.3, -0.25) is 0 Å². The van der Waals surface area contributed by atoms with Crippen LogP contribution in [-0.2, 0) is 31.9 Å². The quantitative estimate of drug-likeness (QED) is 0.135. The topological polar surface area (TPSA) is 262 Å². The van der Waals surface area contributed by atoms with Crippen molar-refractivity contribution in [3.63, 3.8) is 0 Å². The summed E-state index contributed by atoms with van der Waals surface area (Å²) < 4.78 is 27.2. The van der Waals surface area contributed by atoms with Crippen molar-refractivity contribution >= 4 is 11.9 Å². The second kappa shape index (κ2) is 14.8. The van der Waals surface area contributed by atoms with Crippen LogP contribution in [0.2, 0.25) is 0 Å². The van der Waals surface area contributed by atoms with Gasteiger partial charge in [-0.2, -0.15) is 0 Å². The average molecular weight is 683 g/mol. The fourth-order valence-electron chi connectivity index (χ4n) is 5.70. The number of aliphatic carboxylic acids is 2. The molecule has 0 amide bonds. The maximum atomic E-state index is 11.5. The molecular formula is C32H42O16. The van der Waals surface area contributed by atoms with E-state index in [0.717, 1.165) is 11.1 Å². The second-order valence-corrected chi connectivity index (χ2v) is 12.4. The molecule has 2 heterocycles. The Bertz CT molecular complexity index is 1450. The summed E-state index contributed by atoms with van der Waals surface area (Å²) >= 11 is 0. The van der Waals surface area contributed by atoms with Gasteiger partial charge in [0.2, 0.25) is 12.1 Å². The van der Waals surface area contributed by atoms with Crippen LogP contribution in [0.1, 0.15) is 31.9 Å². The first kappa shape index (κ1) is 37.1. The third-order valence-corrected chi connectivity index (χ3v) is 8.83. The van der Waals surface area contributed by atoms with Crippen LogP contribution in [-0.4, -0.2) is 126 Å². The second-order valence-electron chi connectivity index (χ2n) is 12.4. The monoisotopic (exact) mass is 682 g/mol. The van der Waals surface area contributed by atoms with E-state index in [9.17, 15) is 55.5 Å². The number of carboxylic acids is 2. The van der Waals surface area contributed by atoms with Crippen molar-refractivity contribution in [2.24, 2.45) is 11.8 Å². The van der Waals surface area contributed by atoms with Gasteiger partial charge in [-0.05, 0) is 60.1 Å². The molecule has 12 atom stereocenters. The lowest BCUT2D eigenvalue weighted by Crippen LogP contribution is -2.66. The highest BCUT2D eigenvalue weighted by molar-refractivity contribution is 5.74. The first-order valence-corrected chi connectivity index (χ1v) is 15.2. The van der Waals surface area contributed by atoms with Gasteiger partial charge in [0.1, 0.15) is 36.6 Å². The van der Waals surface area contributed by atoms with E-state index >= 15 is 0 Å². The lowest BCUT2D eigenvalue weighted by molar-refractivity contribution is -0.322. The van der Waals surface area contributed by atoms with Crippen molar-refractivity contribution in [1.82, 2.24) is 0 Å². The maximum Gasteiger partial charge on any atom is 0.335 e. The molecule has 2 saturated heterocycles. The van der Waals surface area contributed by atoms with Crippen molar-refractivity contribution in [2.75, 3.05) is 7.11 Å². The molecule has 0 bridgehead atoms. The number of phenolic OH excluding ortho intramolecular Hbond substituents is 1. The maximum absolute atomic E-state index is 11.5. The molecule has 2 aromatic carbocycles. The van der Waals surface area contributed by atoms with Gasteiger partial charge >= 0.3 is 11.9 Å². The third kappa shape index (κ3) is 7.76. The number of aliphatic hydroxyl groups is 6. The Hall–Kier alpha value is -3.74. The number of phenols is 1. The van der Waals surface area contributed by atoms with Gasteiger partial charge in [-0.25, -0.2) is 9.59 Å². The third-order valence-electron chi connectivity index (χ3n) is 8.83. The summed E-state index contributed by atoms with van der Waals surface area (Å²) in [6.07, 6.45) is -15.4. The Labute approximate surface area is 275 Å². The molecule has 16 heteroatoms. The number of aromatic hydroxyl groups is 1. The van der Waals surface area contributed by atoms with Crippen LogP contribution in [0, 0.1) is 11.8 Å². The first-order valence-electron chi connectivity index (χ1n) is 15.2. The van der Waals surface area contributed by atoms with Gasteiger partial charge in [-0.1, -0.05) is 26.0 Å². The predicted molar refractivity (Wildman–Crippen MR) is 161 cm³/mol. The Kier molecular flexibility index (Phi) is 11.4. The number of methoxy groups -OCH3 is 1. The van der Waals surface area contributed by atoms with E-state index in [0.29, 0.717) is 12.8 Å². The summed E-state index contributed by atoms with van der Waals surface area (Å²) in [5.41, 5.74) is 1.52. The Morgan fingerprint density at radius 1 is 0.771 bits per heavy atom. The highest BCUT2D eigenvalue weighted by Gasteiger charge is 2.55. The van der Waals surface area contributed by atoms with Crippen molar-refractivity contribution in [3.8, 4) is 23.0 Å². The summed E-state index contributed by atoms with van der Waals surface area (Å²) in [4.78, 5) is 23.0. The minimum Gasteiger partial charge on any atom is -0.504 e. The minimum absolute atomic E-state index is 0.0491. The molecular weight excluding hydrogens is 640 g/mol. The standard InChI is InChI=1S/C32H42O16/c1-13(9-15-5-7-18(17(33)11-15)47-32(3)28(39)24(37)23(36)27(48-32)30(42)43)14(2)10-16-6-8-19(44-4)20(12-16)45-31-25(38)21(34)22(35)26(46-31)29(40)41/h5-8,11-14,21-28,31,33-39H,9-10H2,1-4H3,(H,40,41)(H,42,43)/t13?,14?,21-,22-,23-,24-,25+,26-,27-,28+,31+,32+/m0/s1. The molecule has 48 heavy (non-hydrogen) atoms. The number of carboxylic acid groups (broad SMARTS) is 2. The Morgan fingerprint density at radius 3 is 1.85 bits per heavy atom. The summed E-state index contributed by atoms with van der Waals surface area (Å²) in [5, 5.41) is 90.4. The molecule has 4 rings (SSSR count). The number of aliphatic hydroxyl groups excluding tert-OH is 6. The SMILES string of the molecule is COc1ccc(CC(C)C(C)Cc2ccc(O[C@]3(C)O[C@H](C(=O)O)[C@@H](O)[C@H](O)[C@H]3O)c(O)c2)cc1O[C@@H]1O[C@H](C(=O)O)[C@@H](O)[C@H](O)[C@H]1O. The van der Waals surface area contributed by atoms with E-state index < -0.39 is 72.8 Å². The van der Waals surface area contributed by atoms with E-state index in [1.54, 1.807) is 24.3 Å². The van der Waals surface area contributed by atoms with Gasteiger partial charge in [0.25, 0.3) is 0 Å². The molecule has 2 aromatic rings. The minimum atomic E-state index is -2.11. The Morgan fingerprint density at radius 2 is 1.31 bits per heavy atom. The van der Waals surface area contributed by atoms with Gasteiger partial charge in [-0.15, -0.1) is 0 Å². The molecule has 2 fully saturated rings. The highest BCUT2D eigenvalue weighted by atomic mass is 16.7. The van der Waals surface area contributed by atoms with E-state index in [4.69, 9.17) is 23.7 Å². The average Bonchev–Trinajstić information content (AvgIpc) is 3.03. The molecule has 0 aliphatic carbocycles. The molecule has 9 N–H and O–H groups in total. The van der Waals surface area contributed by atoms with Crippen molar-refractivity contribution in [2.45, 2.75) is 94.5 Å².